The minimum atomic E-state index is -0.432. The molecule has 1 fully saturated rings. The van der Waals surface area contributed by atoms with Crippen molar-refractivity contribution in [2.24, 2.45) is 0 Å². The second-order valence-electron chi connectivity index (χ2n) is 8.95. The molecular weight excluding hydrogens is 520 g/mol. The van der Waals surface area contributed by atoms with Gasteiger partial charge in [0.1, 0.15) is 9.71 Å². The van der Waals surface area contributed by atoms with Crippen molar-refractivity contribution < 1.29 is 19.1 Å². The highest BCUT2D eigenvalue weighted by atomic mass is 32.1. The van der Waals surface area contributed by atoms with E-state index in [4.69, 9.17) is 4.74 Å². The first kappa shape index (κ1) is 24.4. The third-order valence-corrected chi connectivity index (χ3v) is 7.59. The molecule has 1 saturated heterocycles. The third kappa shape index (κ3) is 4.42. The van der Waals surface area contributed by atoms with Crippen molar-refractivity contribution in [1.29, 1.82) is 0 Å². The highest BCUT2D eigenvalue weighted by Gasteiger charge is 2.35. The molecule has 0 aliphatic carbocycles. The lowest BCUT2D eigenvalue weighted by Crippen LogP contribution is -2.39. The lowest BCUT2D eigenvalue weighted by molar-refractivity contribution is -0.125. The summed E-state index contributed by atoms with van der Waals surface area (Å²) in [5.41, 5.74) is 2.10. The number of nitrogens with one attached hydrogen (secondary N) is 2. The van der Waals surface area contributed by atoms with Gasteiger partial charge in [-0.25, -0.2) is 14.8 Å². The second-order valence-corrected chi connectivity index (χ2v) is 9.95. The number of urea groups is 1. The van der Waals surface area contributed by atoms with Crippen LogP contribution in [0.4, 0.5) is 21.9 Å². The molecule has 0 spiro atoms. The lowest BCUT2D eigenvalue weighted by Gasteiger charge is -2.29. The van der Waals surface area contributed by atoms with Crippen LogP contribution in [-0.4, -0.2) is 62.0 Å². The van der Waals surface area contributed by atoms with Crippen LogP contribution in [0.15, 0.2) is 55.4 Å². The van der Waals surface area contributed by atoms with Crippen LogP contribution in [0.2, 0.25) is 0 Å². The molecule has 6 heterocycles. The van der Waals surface area contributed by atoms with E-state index in [1.165, 1.54) is 22.3 Å². The van der Waals surface area contributed by atoms with Crippen molar-refractivity contribution in [2.45, 2.75) is 19.4 Å². The second kappa shape index (κ2) is 9.76. The average molecular weight is 543 g/mol. The van der Waals surface area contributed by atoms with Crippen molar-refractivity contribution in [3.63, 3.8) is 0 Å². The molecule has 12 nitrogen and oxygen atoms in total. The maximum Gasteiger partial charge on any atom is 0.331 e. The SMILES string of the molecule is C=CC(=O)N1CC[C@@H](NC(=O)c2sc3nccc4c3c2NC(=O)N4c2ccc(Oc3cccnn3)nc2C)C1. The number of ether oxygens (including phenoxy) is 1. The Morgan fingerprint density at radius 3 is 2.85 bits per heavy atom. The largest absolute Gasteiger partial charge is 0.419 e. The van der Waals surface area contributed by atoms with E-state index in [1.807, 2.05) is 0 Å². The molecule has 1 atom stereocenters. The average Bonchev–Trinajstić information content (AvgIpc) is 3.55. The van der Waals surface area contributed by atoms with Crippen molar-refractivity contribution in [3.05, 3.63) is 66.0 Å². The summed E-state index contributed by atoms with van der Waals surface area (Å²) in [5, 5.41) is 14.2. The standard InChI is InChI=1S/C26H22N8O4S/c1-3-20(35)33-12-9-15(13-33)30-24(36)23-22-21-17(8-11-27-25(21)39-23)34(26(37)31-22)16-6-7-18(29-14(16)2)38-19-5-4-10-28-32-19/h3-8,10-11,15H,1,9,12-13H2,2H3,(H,30,36)(H,31,37)/t15-/m1/s1. The van der Waals surface area contributed by atoms with E-state index in [0.29, 0.717) is 69.1 Å². The highest BCUT2D eigenvalue weighted by molar-refractivity contribution is 7.21. The Hall–Kier alpha value is -4.91. The minimum absolute atomic E-state index is 0.164. The van der Waals surface area contributed by atoms with Crippen molar-refractivity contribution in [3.8, 4) is 11.8 Å². The number of aromatic nitrogens is 4. The molecule has 4 aromatic heterocycles. The molecule has 0 bridgehead atoms. The first-order valence-electron chi connectivity index (χ1n) is 12.1. The topological polar surface area (TPSA) is 143 Å². The molecule has 0 unspecified atom stereocenters. The summed E-state index contributed by atoms with van der Waals surface area (Å²) in [6.45, 7) is 6.24. The number of likely N-dealkylation sites (tertiary alicyclic amines) is 1. The van der Waals surface area contributed by atoms with Gasteiger partial charge in [0.25, 0.3) is 5.91 Å². The molecule has 13 heteroatoms. The number of hydrogen-bond donors (Lipinski definition) is 2. The van der Waals surface area contributed by atoms with Crippen molar-refractivity contribution in [2.75, 3.05) is 23.3 Å². The maximum absolute atomic E-state index is 13.4. The number of amides is 4. The van der Waals surface area contributed by atoms with E-state index < -0.39 is 6.03 Å². The molecule has 4 amide bonds. The summed E-state index contributed by atoms with van der Waals surface area (Å²) < 4.78 is 5.67. The van der Waals surface area contributed by atoms with Crippen LogP contribution in [0.5, 0.6) is 11.8 Å². The Morgan fingerprint density at radius 1 is 1.21 bits per heavy atom. The van der Waals surface area contributed by atoms with Crippen LogP contribution >= 0.6 is 11.3 Å². The van der Waals surface area contributed by atoms with Crippen LogP contribution in [-0.2, 0) is 4.79 Å². The van der Waals surface area contributed by atoms with Gasteiger partial charge in [-0.3, -0.25) is 14.5 Å². The summed E-state index contributed by atoms with van der Waals surface area (Å²) in [6, 6.07) is 7.86. The van der Waals surface area contributed by atoms with Gasteiger partial charge >= 0.3 is 6.03 Å². The Balaban J connectivity index is 1.29. The van der Waals surface area contributed by atoms with Gasteiger partial charge in [0.05, 0.1) is 28.1 Å². The number of nitrogens with zero attached hydrogens (tertiary/aromatic N) is 6. The van der Waals surface area contributed by atoms with Crippen LogP contribution in [0.25, 0.3) is 10.2 Å². The fraction of sp³-hybridized carbons (Fsp3) is 0.192. The molecule has 39 heavy (non-hydrogen) atoms. The first-order valence-corrected chi connectivity index (χ1v) is 12.9. The predicted octanol–water partition coefficient (Wildman–Crippen LogP) is 3.78. The summed E-state index contributed by atoms with van der Waals surface area (Å²) in [4.78, 5) is 51.7. The Labute approximate surface area is 226 Å². The van der Waals surface area contributed by atoms with Gasteiger partial charge in [-0.05, 0) is 37.6 Å². The molecule has 2 aliphatic heterocycles. The fourth-order valence-corrected chi connectivity index (χ4v) is 5.74. The number of anilines is 3. The molecule has 4 aromatic rings. The molecular formula is C26H22N8O4S. The van der Waals surface area contributed by atoms with E-state index >= 15 is 0 Å². The van der Waals surface area contributed by atoms with E-state index in [1.54, 1.807) is 54.5 Å². The predicted molar refractivity (Wildman–Crippen MR) is 145 cm³/mol. The van der Waals surface area contributed by atoms with Crippen LogP contribution < -0.4 is 20.3 Å². The van der Waals surface area contributed by atoms with Crippen molar-refractivity contribution >= 4 is 56.5 Å². The molecule has 0 radical (unpaired) electrons. The highest BCUT2D eigenvalue weighted by Crippen LogP contribution is 2.46. The zero-order chi connectivity index (χ0) is 27.1. The number of aryl methyl sites for hydroxylation is 1. The number of carbonyl (C=O) groups excluding carboxylic acids is 3. The van der Waals surface area contributed by atoms with Gasteiger partial charge in [-0.1, -0.05) is 6.58 Å². The van der Waals surface area contributed by atoms with Gasteiger partial charge in [-0.2, -0.15) is 5.10 Å². The summed E-state index contributed by atoms with van der Waals surface area (Å²) in [7, 11) is 0. The normalized spacial score (nSPS) is 16.2. The third-order valence-electron chi connectivity index (χ3n) is 6.49. The van der Waals surface area contributed by atoms with E-state index in [-0.39, 0.29) is 17.9 Å². The van der Waals surface area contributed by atoms with Crippen LogP contribution in [0.1, 0.15) is 21.8 Å². The lowest BCUT2D eigenvalue weighted by atomic mass is 10.1. The molecule has 196 valence electrons. The minimum Gasteiger partial charge on any atom is -0.419 e. The number of pyridine rings is 2. The Kier molecular flexibility index (Phi) is 6.11. The summed E-state index contributed by atoms with van der Waals surface area (Å²) in [5.74, 6) is 0.122. The maximum atomic E-state index is 13.4. The van der Waals surface area contributed by atoms with Crippen LogP contribution in [0, 0.1) is 6.92 Å². The molecule has 0 saturated carbocycles. The Morgan fingerprint density at radius 2 is 2.08 bits per heavy atom. The van der Waals surface area contributed by atoms with Gasteiger partial charge in [0, 0.05) is 43.7 Å². The monoisotopic (exact) mass is 542 g/mol. The van der Waals surface area contributed by atoms with Gasteiger partial charge < -0.3 is 20.3 Å². The molecule has 2 N–H and O–H groups in total. The zero-order valence-corrected chi connectivity index (χ0v) is 21.6. The number of rotatable bonds is 6. The molecule has 2 aliphatic rings. The smallest absolute Gasteiger partial charge is 0.331 e. The van der Waals surface area contributed by atoms with Gasteiger partial charge in [0.15, 0.2) is 0 Å². The van der Waals surface area contributed by atoms with Gasteiger partial charge in [0.2, 0.25) is 17.7 Å². The van der Waals surface area contributed by atoms with E-state index in [2.05, 4.69) is 37.4 Å². The Bertz CT molecular complexity index is 1640. The fourth-order valence-electron chi connectivity index (χ4n) is 4.71. The van der Waals surface area contributed by atoms with Crippen LogP contribution in [0.3, 0.4) is 0 Å². The van der Waals surface area contributed by atoms with Crippen molar-refractivity contribution in [1.82, 2.24) is 30.4 Å². The summed E-state index contributed by atoms with van der Waals surface area (Å²) in [6.07, 6.45) is 5.05. The number of carbonyl (C=O) groups is 3. The van der Waals surface area contributed by atoms with E-state index in [9.17, 15) is 14.4 Å². The molecule has 6 rings (SSSR count). The number of thiophene rings is 1. The number of hydrogen-bond acceptors (Lipinski definition) is 9. The summed E-state index contributed by atoms with van der Waals surface area (Å²) >= 11 is 1.20. The molecule has 0 aromatic carbocycles. The zero-order valence-electron chi connectivity index (χ0n) is 20.7. The first-order chi connectivity index (χ1) is 18.9. The van der Waals surface area contributed by atoms with E-state index in [0.717, 1.165) is 0 Å². The van der Waals surface area contributed by atoms with Gasteiger partial charge in [-0.15, -0.1) is 16.4 Å². The quantitative estimate of drug-likeness (QED) is 0.351.